The zero-order valence-electron chi connectivity index (χ0n) is 11.3. The summed E-state index contributed by atoms with van der Waals surface area (Å²) in [7, 11) is 0. The van der Waals surface area contributed by atoms with Gasteiger partial charge in [0.05, 0.1) is 18.3 Å². The van der Waals surface area contributed by atoms with Crippen LogP contribution in [0.5, 0.6) is 0 Å². The molecule has 0 radical (unpaired) electrons. The van der Waals surface area contributed by atoms with E-state index in [0.29, 0.717) is 12.0 Å². The van der Waals surface area contributed by atoms with Crippen LogP contribution in [0.1, 0.15) is 36.9 Å². The van der Waals surface area contributed by atoms with Gasteiger partial charge < -0.3 is 0 Å². The summed E-state index contributed by atoms with van der Waals surface area (Å²) in [6, 6.07) is 0.462. The van der Waals surface area contributed by atoms with E-state index < -0.39 is 0 Å². The van der Waals surface area contributed by atoms with Crippen molar-refractivity contribution < 1.29 is 0 Å². The van der Waals surface area contributed by atoms with E-state index in [4.69, 9.17) is 0 Å². The van der Waals surface area contributed by atoms with Crippen molar-refractivity contribution in [1.82, 2.24) is 40.1 Å². The minimum Gasteiger partial charge on any atom is -0.299 e. The molecule has 1 aliphatic heterocycles. The quantitative estimate of drug-likeness (QED) is 0.769. The van der Waals surface area contributed by atoms with Crippen molar-refractivity contribution in [2.75, 3.05) is 19.6 Å². The average molecular weight is 274 g/mol. The first-order valence-corrected chi connectivity index (χ1v) is 7.23. The number of rotatable bonds is 5. The third-order valence-electron chi connectivity index (χ3n) is 4.18. The van der Waals surface area contributed by atoms with Gasteiger partial charge in [-0.1, -0.05) is 5.21 Å². The van der Waals surface area contributed by atoms with Crippen LogP contribution in [-0.4, -0.2) is 59.7 Å². The van der Waals surface area contributed by atoms with Gasteiger partial charge in [-0.15, -0.1) is 10.2 Å². The van der Waals surface area contributed by atoms with Gasteiger partial charge in [-0.3, -0.25) is 4.90 Å². The molecule has 20 heavy (non-hydrogen) atoms. The molecule has 2 fully saturated rings. The maximum Gasteiger partial charge on any atom is 0.138 e. The molecule has 8 nitrogen and oxygen atoms in total. The Balaban J connectivity index is 1.32. The van der Waals surface area contributed by atoms with Gasteiger partial charge in [0.25, 0.3) is 0 Å². The summed E-state index contributed by atoms with van der Waals surface area (Å²) in [6.45, 7) is 3.96. The predicted molar refractivity (Wildman–Crippen MR) is 69.9 cm³/mol. The maximum absolute atomic E-state index is 4.31. The van der Waals surface area contributed by atoms with Crippen LogP contribution in [-0.2, 0) is 6.54 Å². The average Bonchev–Trinajstić information content (AvgIpc) is 2.92. The highest BCUT2D eigenvalue weighted by molar-refractivity contribution is 5.09. The van der Waals surface area contributed by atoms with E-state index in [0.717, 1.165) is 32.6 Å². The van der Waals surface area contributed by atoms with Crippen LogP contribution in [0, 0.1) is 0 Å². The van der Waals surface area contributed by atoms with Crippen molar-refractivity contribution in [3.63, 3.8) is 0 Å². The molecule has 4 rings (SSSR count). The Labute approximate surface area is 116 Å². The SMILES string of the molecule is c1nnnn1CCN1CCC(n2cc(C3CC3)nn2)C1. The Morgan fingerprint density at radius 3 is 2.90 bits per heavy atom. The van der Waals surface area contributed by atoms with Crippen molar-refractivity contribution >= 4 is 0 Å². The lowest BCUT2D eigenvalue weighted by molar-refractivity contribution is 0.297. The molecule has 1 atom stereocenters. The van der Waals surface area contributed by atoms with Crippen LogP contribution < -0.4 is 0 Å². The van der Waals surface area contributed by atoms with Gasteiger partial charge in [0.1, 0.15) is 6.33 Å². The molecule has 106 valence electrons. The smallest absolute Gasteiger partial charge is 0.138 e. The van der Waals surface area contributed by atoms with Gasteiger partial charge in [0.15, 0.2) is 0 Å². The number of hydrogen-bond acceptors (Lipinski definition) is 6. The molecule has 1 saturated carbocycles. The standard InChI is InChI=1S/C12H18N8/c1-2-10(1)12-8-20(16-14-12)11-3-4-18(7-11)5-6-19-9-13-15-17-19/h8-11H,1-7H2. The zero-order valence-corrected chi connectivity index (χ0v) is 11.3. The van der Waals surface area contributed by atoms with E-state index >= 15 is 0 Å². The van der Waals surface area contributed by atoms with Crippen LogP contribution in [0.15, 0.2) is 12.5 Å². The first-order chi connectivity index (χ1) is 9.88. The van der Waals surface area contributed by atoms with Crippen molar-refractivity contribution in [2.45, 2.75) is 37.8 Å². The molecule has 0 N–H and O–H groups in total. The molecule has 3 heterocycles. The van der Waals surface area contributed by atoms with E-state index in [2.05, 4.69) is 41.6 Å². The first-order valence-electron chi connectivity index (χ1n) is 7.23. The highest BCUT2D eigenvalue weighted by Crippen LogP contribution is 2.39. The molecule has 1 unspecified atom stereocenters. The Morgan fingerprint density at radius 2 is 2.10 bits per heavy atom. The monoisotopic (exact) mass is 274 g/mol. The van der Waals surface area contributed by atoms with Gasteiger partial charge >= 0.3 is 0 Å². The molecule has 1 saturated heterocycles. The molecule has 8 heteroatoms. The highest BCUT2D eigenvalue weighted by Gasteiger charge is 2.29. The zero-order chi connectivity index (χ0) is 13.4. The molecule has 0 aromatic carbocycles. The topological polar surface area (TPSA) is 77.5 Å². The van der Waals surface area contributed by atoms with Gasteiger partial charge in [-0.25, -0.2) is 9.36 Å². The van der Waals surface area contributed by atoms with Crippen LogP contribution >= 0.6 is 0 Å². The molecular formula is C12H18N8. The summed E-state index contributed by atoms with van der Waals surface area (Å²) < 4.78 is 3.83. The minimum atomic E-state index is 0.462. The summed E-state index contributed by atoms with van der Waals surface area (Å²) in [5.41, 5.74) is 1.18. The molecule has 2 aliphatic rings. The van der Waals surface area contributed by atoms with E-state index in [1.165, 1.54) is 18.5 Å². The number of nitrogens with zero attached hydrogens (tertiary/aromatic N) is 8. The van der Waals surface area contributed by atoms with Gasteiger partial charge in [0, 0.05) is 31.7 Å². The Hall–Kier alpha value is -1.83. The molecule has 0 bridgehead atoms. The Bertz CT molecular complexity index is 558. The molecule has 0 amide bonds. The second kappa shape index (κ2) is 4.93. The molecule has 0 spiro atoms. The Kier molecular flexibility index (Phi) is 2.95. The first kappa shape index (κ1) is 12.0. The summed E-state index contributed by atoms with van der Waals surface area (Å²) in [4.78, 5) is 2.44. The number of aromatic nitrogens is 7. The third kappa shape index (κ3) is 2.43. The van der Waals surface area contributed by atoms with Crippen molar-refractivity contribution in [3.8, 4) is 0 Å². The van der Waals surface area contributed by atoms with Crippen LogP contribution in [0.3, 0.4) is 0 Å². The van der Waals surface area contributed by atoms with Gasteiger partial charge in [-0.2, -0.15) is 0 Å². The van der Waals surface area contributed by atoms with Gasteiger partial charge in [-0.05, 0) is 29.7 Å². The fraction of sp³-hybridized carbons (Fsp3) is 0.750. The van der Waals surface area contributed by atoms with Crippen LogP contribution in [0.2, 0.25) is 0 Å². The number of likely N-dealkylation sites (tertiary alicyclic amines) is 1. The fourth-order valence-corrected chi connectivity index (χ4v) is 2.79. The van der Waals surface area contributed by atoms with Crippen molar-refractivity contribution in [2.24, 2.45) is 0 Å². The van der Waals surface area contributed by atoms with E-state index in [9.17, 15) is 0 Å². The molecular weight excluding hydrogens is 256 g/mol. The van der Waals surface area contributed by atoms with E-state index in [-0.39, 0.29) is 0 Å². The summed E-state index contributed by atoms with van der Waals surface area (Å²) in [5.74, 6) is 0.682. The lowest BCUT2D eigenvalue weighted by Gasteiger charge is -2.15. The second-order valence-electron chi connectivity index (χ2n) is 5.71. The van der Waals surface area contributed by atoms with E-state index in [1.807, 2.05) is 0 Å². The number of hydrogen-bond donors (Lipinski definition) is 0. The largest absolute Gasteiger partial charge is 0.299 e. The van der Waals surface area contributed by atoms with Crippen LogP contribution in [0.25, 0.3) is 0 Å². The maximum atomic E-state index is 4.31. The lowest BCUT2D eigenvalue weighted by Crippen LogP contribution is -2.26. The minimum absolute atomic E-state index is 0.462. The third-order valence-corrected chi connectivity index (χ3v) is 4.18. The van der Waals surface area contributed by atoms with Gasteiger partial charge in [0.2, 0.25) is 0 Å². The lowest BCUT2D eigenvalue weighted by atomic mass is 10.2. The number of tetrazole rings is 1. The summed E-state index contributed by atoms with van der Waals surface area (Å²) in [5, 5.41) is 19.8. The van der Waals surface area contributed by atoms with Crippen molar-refractivity contribution in [3.05, 3.63) is 18.2 Å². The Morgan fingerprint density at radius 1 is 1.15 bits per heavy atom. The van der Waals surface area contributed by atoms with Crippen molar-refractivity contribution in [1.29, 1.82) is 0 Å². The van der Waals surface area contributed by atoms with Crippen LogP contribution in [0.4, 0.5) is 0 Å². The summed E-state index contributed by atoms with van der Waals surface area (Å²) >= 11 is 0. The predicted octanol–water partition coefficient (Wildman–Crippen LogP) is 0.0890. The normalized spacial score (nSPS) is 23.5. The molecule has 1 aliphatic carbocycles. The highest BCUT2D eigenvalue weighted by atomic mass is 15.5. The molecule has 2 aromatic rings. The second-order valence-corrected chi connectivity index (χ2v) is 5.71. The fourth-order valence-electron chi connectivity index (χ4n) is 2.79. The summed E-state index contributed by atoms with van der Waals surface area (Å²) in [6.07, 6.45) is 7.51. The van der Waals surface area contributed by atoms with E-state index in [1.54, 1.807) is 11.0 Å². The molecule has 2 aromatic heterocycles.